The first kappa shape index (κ1) is 13.5. The van der Waals surface area contributed by atoms with Crippen LogP contribution in [-0.4, -0.2) is 11.8 Å². The van der Waals surface area contributed by atoms with Crippen LogP contribution in [0.4, 0.5) is 0 Å². The van der Waals surface area contributed by atoms with Gasteiger partial charge in [-0.3, -0.25) is 0 Å². The molecule has 2 heteroatoms. The second-order valence-corrected chi connectivity index (χ2v) is 7.40. The van der Waals surface area contributed by atoms with E-state index in [1.165, 1.54) is 41.9 Å². The van der Waals surface area contributed by atoms with Gasteiger partial charge in [-0.1, -0.05) is 44.9 Å². The molecule has 4 atom stereocenters. The average molecular weight is 275 g/mol. The van der Waals surface area contributed by atoms with Crippen LogP contribution in [0.25, 0.3) is 0 Å². The van der Waals surface area contributed by atoms with Crippen LogP contribution in [0.1, 0.15) is 51.1 Å². The molecule has 1 aliphatic carbocycles. The Hall–Kier alpha value is -0.470. The van der Waals surface area contributed by atoms with E-state index in [1.54, 1.807) is 0 Å². The Labute approximate surface area is 121 Å². The normalized spacial score (nSPS) is 34.8. The van der Waals surface area contributed by atoms with Crippen LogP contribution in [0, 0.1) is 11.8 Å². The van der Waals surface area contributed by atoms with Gasteiger partial charge < -0.3 is 5.32 Å². The number of rotatable bonds is 2. The zero-order valence-electron chi connectivity index (χ0n) is 12.1. The van der Waals surface area contributed by atoms with Crippen molar-refractivity contribution in [3.8, 4) is 0 Å². The van der Waals surface area contributed by atoms with Gasteiger partial charge in [0.15, 0.2) is 0 Å². The molecule has 0 spiro atoms. The second kappa shape index (κ2) is 5.88. The van der Waals surface area contributed by atoms with E-state index in [0.717, 1.165) is 11.8 Å². The van der Waals surface area contributed by atoms with Gasteiger partial charge in [-0.25, -0.2) is 0 Å². The topological polar surface area (TPSA) is 12.0 Å². The van der Waals surface area contributed by atoms with Gasteiger partial charge in [-0.2, -0.15) is 0 Å². The van der Waals surface area contributed by atoms with E-state index in [2.05, 4.69) is 43.4 Å². The summed E-state index contributed by atoms with van der Waals surface area (Å²) in [5.41, 5.74) is 1.53. The quantitative estimate of drug-likeness (QED) is 0.844. The van der Waals surface area contributed by atoms with Crippen molar-refractivity contribution in [3.63, 3.8) is 0 Å². The van der Waals surface area contributed by atoms with Crippen molar-refractivity contribution in [2.45, 2.75) is 56.5 Å². The number of hydrogen-bond acceptors (Lipinski definition) is 2. The van der Waals surface area contributed by atoms with Gasteiger partial charge >= 0.3 is 0 Å². The highest BCUT2D eigenvalue weighted by atomic mass is 32.2. The van der Waals surface area contributed by atoms with Gasteiger partial charge in [-0.05, 0) is 42.1 Å². The summed E-state index contributed by atoms with van der Waals surface area (Å²) in [7, 11) is 0. The van der Waals surface area contributed by atoms with Crippen LogP contribution in [-0.2, 0) is 0 Å². The molecule has 19 heavy (non-hydrogen) atoms. The van der Waals surface area contributed by atoms with Gasteiger partial charge in [0.1, 0.15) is 0 Å². The summed E-state index contributed by atoms with van der Waals surface area (Å²) >= 11 is 2.02. The lowest BCUT2D eigenvalue weighted by Gasteiger charge is -2.38. The molecular formula is C17H25NS. The molecule has 1 aliphatic heterocycles. The molecule has 1 aromatic rings. The predicted octanol–water partition coefficient (Wildman–Crippen LogP) is 4.64. The third kappa shape index (κ3) is 2.85. The smallest absolute Gasteiger partial charge is 0.0341 e. The fraction of sp³-hybridized carbons (Fsp3) is 0.647. The zero-order chi connectivity index (χ0) is 13.2. The molecule has 0 saturated heterocycles. The molecule has 0 bridgehead atoms. The molecule has 0 aromatic heterocycles. The van der Waals surface area contributed by atoms with E-state index in [1.807, 2.05) is 11.8 Å². The summed E-state index contributed by atoms with van der Waals surface area (Å²) in [6.45, 7) is 4.86. The molecule has 104 valence electrons. The molecule has 1 aromatic carbocycles. The third-order valence-electron chi connectivity index (χ3n) is 5.08. The maximum absolute atomic E-state index is 3.98. The SMILES string of the molecule is CC1CCCC(NC2CCSc3ccccc32)C1C. The molecule has 1 N–H and O–H groups in total. The average Bonchev–Trinajstić information content (AvgIpc) is 2.44. The Morgan fingerprint density at radius 1 is 1.11 bits per heavy atom. The van der Waals surface area contributed by atoms with Crippen LogP contribution in [0.5, 0.6) is 0 Å². The lowest BCUT2D eigenvalue weighted by atomic mass is 9.77. The molecule has 3 rings (SSSR count). The predicted molar refractivity (Wildman–Crippen MR) is 83.6 cm³/mol. The summed E-state index contributed by atoms with van der Waals surface area (Å²) in [5, 5.41) is 3.98. The molecule has 1 heterocycles. The van der Waals surface area contributed by atoms with E-state index in [4.69, 9.17) is 0 Å². The van der Waals surface area contributed by atoms with Crippen molar-refractivity contribution < 1.29 is 0 Å². The van der Waals surface area contributed by atoms with Crippen molar-refractivity contribution in [2.75, 3.05) is 5.75 Å². The Morgan fingerprint density at radius 2 is 1.95 bits per heavy atom. The molecular weight excluding hydrogens is 250 g/mol. The fourth-order valence-electron chi connectivity index (χ4n) is 3.59. The van der Waals surface area contributed by atoms with E-state index in [-0.39, 0.29) is 0 Å². The Kier molecular flexibility index (Phi) is 4.18. The summed E-state index contributed by atoms with van der Waals surface area (Å²) in [5.74, 6) is 2.95. The summed E-state index contributed by atoms with van der Waals surface area (Å²) < 4.78 is 0. The first-order chi connectivity index (χ1) is 9.25. The van der Waals surface area contributed by atoms with Crippen LogP contribution >= 0.6 is 11.8 Å². The number of nitrogens with one attached hydrogen (secondary N) is 1. The van der Waals surface area contributed by atoms with Gasteiger partial charge in [0.2, 0.25) is 0 Å². The van der Waals surface area contributed by atoms with Crippen molar-refractivity contribution >= 4 is 11.8 Å². The fourth-order valence-corrected chi connectivity index (χ4v) is 4.72. The molecule has 0 amide bonds. The highest BCUT2D eigenvalue weighted by Crippen LogP contribution is 2.38. The lowest BCUT2D eigenvalue weighted by Crippen LogP contribution is -2.43. The Bertz CT molecular complexity index is 431. The van der Waals surface area contributed by atoms with Crippen LogP contribution in [0.2, 0.25) is 0 Å². The summed E-state index contributed by atoms with van der Waals surface area (Å²) in [6, 6.07) is 10.2. The first-order valence-corrected chi connectivity index (χ1v) is 8.72. The molecule has 1 fully saturated rings. The highest BCUT2D eigenvalue weighted by molar-refractivity contribution is 7.99. The minimum atomic E-state index is 0.579. The molecule has 1 nitrogen and oxygen atoms in total. The first-order valence-electron chi connectivity index (χ1n) is 7.73. The largest absolute Gasteiger partial charge is 0.307 e. The summed E-state index contributed by atoms with van der Waals surface area (Å²) in [6.07, 6.45) is 5.44. The summed E-state index contributed by atoms with van der Waals surface area (Å²) in [4.78, 5) is 1.49. The third-order valence-corrected chi connectivity index (χ3v) is 6.20. The van der Waals surface area contributed by atoms with E-state index in [0.29, 0.717) is 12.1 Å². The van der Waals surface area contributed by atoms with Crippen molar-refractivity contribution in [2.24, 2.45) is 11.8 Å². The number of fused-ring (bicyclic) bond motifs is 1. The van der Waals surface area contributed by atoms with E-state index < -0.39 is 0 Å². The maximum atomic E-state index is 3.98. The second-order valence-electron chi connectivity index (χ2n) is 6.27. The van der Waals surface area contributed by atoms with Crippen LogP contribution in [0.15, 0.2) is 29.2 Å². The Balaban J connectivity index is 1.74. The molecule has 1 saturated carbocycles. The standard InChI is InChI=1S/C17H25NS/c1-12-6-5-8-15(13(12)2)18-16-10-11-19-17-9-4-3-7-14(16)17/h3-4,7,9,12-13,15-16,18H,5-6,8,10-11H2,1-2H3. The van der Waals surface area contributed by atoms with E-state index in [9.17, 15) is 0 Å². The molecule has 0 radical (unpaired) electrons. The van der Waals surface area contributed by atoms with Gasteiger partial charge in [-0.15, -0.1) is 11.8 Å². The van der Waals surface area contributed by atoms with Gasteiger partial charge in [0.05, 0.1) is 0 Å². The van der Waals surface area contributed by atoms with Crippen LogP contribution < -0.4 is 5.32 Å². The van der Waals surface area contributed by atoms with E-state index >= 15 is 0 Å². The van der Waals surface area contributed by atoms with Crippen LogP contribution in [0.3, 0.4) is 0 Å². The number of benzene rings is 1. The minimum Gasteiger partial charge on any atom is -0.307 e. The van der Waals surface area contributed by atoms with Gasteiger partial charge in [0.25, 0.3) is 0 Å². The molecule has 4 unspecified atom stereocenters. The molecule has 2 aliphatic rings. The highest BCUT2D eigenvalue weighted by Gasteiger charge is 2.30. The number of hydrogen-bond donors (Lipinski definition) is 1. The zero-order valence-corrected chi connectivity index (χ0v) is 12.9. The monoisotopic (exact) mass is 275 g/mol. The van der Waals surface area contributed by atoms with Gasteiger partial charge in [0, 0.05) is 17.0 Å². The lowest BCUT2D eigenvalue weighted by molar-refractivity contribution is 0.191. The number of thioether (sulfide) groups is 1. The van der Waals surface area contributed by atoms with Crippen molar-refractivity contribution in [1.29, 1.82) is 0 Å². The maximum Gasteiger partial charge on any atom is 0.0341 e. The minimum absolute atomic E-state index is 0.579. The van der Waals surface area contributed by atoms with Crippen molar-refractivity contribution in [1.82, 2.24) is 5.32 Å². The van der Waals surface area contributed by atoms with Crippen molar-refractivity contribution in [3.05, 3.63) is 29.8 Å². The Morgan fingerprint density at radius 3 is 2.84 bits per heavy atom.